The van der Waals surface area contributed by atoms with Crippen LogP contribution in [0.3, 0.4) is 0 Å². The molecule has 154 valence electrons. The van der Waals surface area contributed by atoms with Crippen LogP contribution in [-0.4, -0.2) is 30.3 Å². The number of nitrogens with one attached hydrogen (secondary N) is 1. The van der Waals surface area contributed by atoms with Crippen LogP contribution in [0.15, 0.2) is 42.5 Å². The van der Waals surface area contributed by atoms with Gasteiger partial charge in [0, 0.05) is 13.0 Å². The van der Waals surface area contributed by atoms with E-state index >= 15 is 0 Å². The number of nitrogens with zero attached hydrogens (tertiary/aromatic N) is 1. The highest BCUT2D eigenvalue weighted by molar-refractivity contribution is 6.39. The topological polar surface area (TPSA) is 49.4 Å². The van der Waals surface area contributed by atoms with Crippen LogP contribution in [0.4, 0.5) is 18.9 Å². The minimum Gasteiger partial charge on any atom is -0.336 e. The van der Waals surface area contributed by atoms with Crippen molar-refractivity contribution in [2.75, 3.05) is 18.9 Å². The molecule has 0 radical (unpaired) electrons. The number of alkyl halides is 3. The Hall–Kier alpha value is -2.25. The highest BCUT2D eigenvalue weighted by Crippen LogP contribution is 2.51. The summed E-state index contributed by atoms with van der Waals surface area (Å²) in [7, 11) is 1.43. The molecule has 2 atom stereocenters. The fourth-order valence-electron chi connectivity index (χ4n) is 3.26. The lowest BCUT2D eigenvalue weighted by atomic mass is 10.0. The summed E-state index contributed by atoms with van der Waals surface area (Å²) < 4.78 is 39.6. The molecule has 1 aliphatic carbocycles. The molecule has 1 aliphatic rings. The zero-order chi connectivity index (χ0) is 21.3. The molecular formula is C20H17Cl2F3N2O2. The number of para-hydroxylation sites is 1. The Balaban J connectivity index is 1.63. The van der Waals surface area contributed by atoms with Gasteiger partial charge in [-0.2, -0.15) is 13.2 Å². The molecule has 0 heterocycles. The van der Waals surface area contributed by atoms with Gasteiger partial charge >= 0.3 is 6.18 Å². The third-order valence-corrected chi connectivity index (χ3v) is 5.39. The molecule has 29 heavy (non-hydrogen) atoms. The van der Waals surface area contributed by atoms with Crippen LogP contribution in [0.1, 0.15) is 23.5 Å². The molecular weight excluding hydrogens is 428 g/mol. The van der Waals surface area contributed by atoms with E-state index in [9.17, 15) is 22.8 Å². The van der Waals surface area contributed by atoms with E-state index in [2.05, 4.69) is 5.32 Å². The third kappa shape index (κ3) is 4.85. The van der Waals surface area contributed by atoms with Gasteiger partial charge in [0.15, 0.2) is 0 Å². The molecule has 2 aromatic carbocycles. The molecule has 0 bridgehead atoms. The van der Waals surface area contributed by atoms with Crippen molar-refractivity contribution >= 4 is 40.7 Å². The van der Waals surface area contributed by atoms with Crippen LogP contribution >= 0.6 is 23.2 Å². The Morgan fingerprint density at radius 1 is 1.10 bits per heavy atom. The molecule has 1 fully saturated rings. The number of amides is 2. The van der Waals surface area contributed by atoms with Crippen LogP contribution in [0.2, 0.25) is 10.0 Å². The number of hydrogen-bond acceptors (Lipinski definition) is 2. The van der Waals surface area contributed by atoms with Gasteiger partial charge in [-0.3, -0.25) is 9.59 Å². The highest BCUT2D eigenvalue weighted by Gasteiger charge is 2.48. The van der Waals surface area contributed by atoms with Gasteiger partial charge in [-0.25, -0.2) is 0 Å². The van der Waals surface area contributed by atoms with Crippen LogP contribution in [0.5, 0.6) is 0 Å². The average molecular weight is 445 g/mol. The van der Waals surface area contributed by atoms with E-state index < -0.39 is 29.5 Å². The molecule has 2 aromatic rings. The number of benzene rings is 2. The summed E-state index contributed by atoms with van der Waals surface area (Å²) in [6, 6.07) is 10.0. The first kappa shape index (κ1) is 21.5. The van der Waals surface area contributed by atoms with Gasteiger partial charge < -0.3 is 10.2 Å². The minimum atomic E-state index is -4.48. The van der Waals surface area contributed by atoms with Gasteiger partial charge in [-0.1, -0.05) is 47.5 Å². The summed E-state index contributed by atoms with van der Waals surface area (Å²) in [4.78, 5) is 26.0. The SMILES string of the molecule is CN(CC(=O)Nc1c(Cl)cccc1Cl)C(=O)C1CC1c1ccccc1C(F)(F)F. The number of hydrogen-bond donors (Lipinski definition) is 1. The summed E-state index contributed by atoms with van der Waals surface area (Å²) in [5.74, 6) is -1.99. The summed E-state index contributed by atoms with van der Waals surface area (Å²) >= 11 is 12.0. The van der Waals surface area contributed by atoms with Crippen molar-refractivity contribution < 1.29 is 22.8 Å². The number of halogens is 5. The fourth-order valence-corrected chi connectivity index (χ4v) is 3.75. The maximum atomic E-state index is 13.2. The van der Waals surface area contributed by atoms with Crippen molar-refractivity contribution in [3.8, 4) is 0 Å². The maximum Gasteiger partial charge on any atom is 0.416 e. The predicted octanol–water partition coefficient (Wildman–Crippen LogP) is 5.21. The van der Waals surface area contributed by atoms with E-state index in [-0.39, 0.29) is 33.7 Å². The summed E-state index contributed by atoms with van der Waals surface area (Å²) in [5.41, 5.74) is -0.377. The van der Waals surface area contributed by atoms with Gasteiger partial charge in [0.25, 0.3) is 0 Å². The first-order chi connectivity index (χ1) is 13.6. The molecule has 0 aromatic heterocycles. The molecule has 9 heteroatoms. The van der Waals surface area contributed by atoms with Crippen LogP contribution in [-0.2, 0) is 15.8 Å². The molecule has 4 nitrogen and oxygen atoms in total. The number of likely N-dealkylation sites (N-methyl/N-ethyl adjacent to an activating group) is 1. The van der Waals surface area contributed by atoms with Gasteiger partial charge in [0.05, 0.1) is 27.8 Å². The zero-order valence-corrected chi connectivity index (χ0v) is 16.8. The second-order valence-corrected chi connectivity index (χ2v) is 7.69. The first-order valence-electron chi connectivity index (χ1n) is 8.74. The lowest BCUT2D eigenvalue weighted by Crippen LogP contribution is -2.36. The van der Waals surface area contributed by atoms with Crippen molar-refractivity contribution in [2.24, 2.45) is 5.92 Å². The average Bonchev–Trinajstić information content (AvgIpc) is 3.44. The zero-order valence-electron chi connectivity index (χ0n) is 15.3. The van der Waals surface area contributed by atoms with Gasteiger partial charge in [-0.15, -0.1) is 0 Å². The third-order valence-electron chi connectivity index (χ3n) is 4.76. The smallest absolute Gasteiger partial charge is 0.336 e. The van der Waals surface area contributed by atoms with Crippen molar-refractivity contribution in [3.63, 3.8) is 0 Å². The Morgan fingerprint density at radius 3 is 2.34 bits per heavy atom. The standard InChI is InChI=1S/C20H17Cl2F3N2O2/c1-27(10-17(28)26-18-15(21)7-4-8-16(18)22)19(29)13-9-12(13)11-5-2-3-6-14(11)20(23,24)25/h2-8,12-13H,9-10H2,1H3,(H,26,28). The van der Waals surface area contributed by atoms with Crippen LogP contribution < -0.4 is 5.32 Å². The van der Waals surface area contributed by atoms with Crippen molar-refractivity contribution in [3.05, 3.63) is 63.6 Å². The largest absolute Gasteiger partial charge is 0.416 e. The Morgan fingerprint density at radius 2 is 1.72 bits per heavy atom. The van der Waals surface area contributed by atoms with Crippen molar-refractivity contribution in [1.82, 2.24) is 4.90 Å². The Labute approximate surface area is 175 Å². The molecule has 0 aliphatic heterocycles. The molecule has 1 saturated carbocycles. The van der Waals surface area contributed by atoms with E-state index in [1.54, 1.807) is 18.2 Å². The van der Waals surface area contributed by atoms with Gasteiger partial charge in [0.2, 0.25) is 11.8 Å². The monoisotopic (exact) mass is 444 g/mol. The lowest BCUT2D eigenvalue weighted by molar-refractivity contribution is -0.138. The fraction of sp³-hybridized carbons (Fsp3) is 0.300. The number of carbonyl (C=O) groups is 2. The second kappa shape index (κ2) is 8.24. The van der Waals surface area contributed by atoms with Gasteiger partial charge in [-0.05, 0) is 36.1 Å². The summed E-state index contributed by atoms with van der Waals surface area (Å²) in [5, 5.41) is 3.06. The van der Waals surface area contributed by atoms with Crippen LogP contribution in [0, 0.1) is 5.92 Å². The molecule has 2 unspecified atom stereocenters. The number of carbonyl (C=O) groups excluding carboxylic acids is 2. The summed E-state index contributed by atoms with van der Waals surface area (Å²) in [6.45, 7) is -0.273. The maximum absolute atomic E-state index is 13.2. The normalized spacial score (nSPS) is 18.3. The first-order valence-corrected chi connectivity index (χ1v) is 9.50. The van der Waals surface area contributed by atoms with E-state index in [1.165, 1.54) is 30.1 Å². The van der Waals surface area contributed by atoms with E-state index in [1.807, 2.05) is 0 Å². The Bertz CT molecular complexity index is 929. The number of anilines is 1. The molecule has 3 rings (SSSR count). The molecule has 2 amide bonds. The minimum absolute atomic E-state index is 0.110. The number of rotatable bonds is 5. The van der Waals surface area contributed by atoms with E-state index in [0.717, 1.165) is 6.07 Å². The molecule has 0 spiro atoms. The lowest BCUT2D eigenvalue weighted by Gasteiger charge is -2.18. The van der Waals surface area contributed by atoms with Crippen LogP contribution in [0.25, 0.3) is 0 Å². The molecule has 1 N–H and O–H groups in total. The van der Waals surface area contributed by atoms with Crippen molar-refractivity contribution in [1.29, 1.82) is 0 Å². The van der Waals surface area contributed by atoms with E-state index in [0.29, 0.717) is 6.42 Å². The van der Waals surface area contributed by atoms with Crippen molar-refractivity contribution in [2.45, 2.75) is 18.5 Å². The highest BCUT2D eigenvalue weighted by atomic mass is 35.5. The van der Waals surface area contributed by atoms with Gasteiger partial charge in [0.1, 0.15) is 0 Å². The molecule has 0 saturated heterocycles. The predicted molar refractivity (Wildman–Crippen MR) is 105 cm³/mol. The summed E-state index contributed by atoms with van der Waals surface area (Å²) in [6.07, 6.45) is -4.17. The van der Waals surface area contributed by atoms with E-state index in [4.69, 9.17) is 23.2 Å². The quantitative estimate of drug-likeness (QED) is 0.687. The second-order valence-electron chi connectivity index (χ2n) is 6.87. The Kier molecular flexibility index (Phi) is 6.10.